The summed E-state index contributed by atoms with van der Waals surface area (Å²) in [6, 6.07) is 0. The van der Waals surface area contributed by atoms with Crippen molar-refractivity contribution in [2.24, 2.45) is 23.2 Å². The third kappa shape index (κ3) is 4.73. The fourth-order valence-corrected chi connectivity index (χ4v) is 7.41. The molecule has 0 aromatic rings. The van der Waals surface area contributed by atoms with Gasteiger partial charge in [0.2, 0.25) is 0 Å². The Labute approximate surface area is 188 Å². The lowest BCUT2D eigenvalue weighted by Crippen LogP contribution is -2.40. The molecule has 1 heterocycles. The van der Waals surface area contributed by atoms with Crippen molar-refractivity contribution in [2.75, 3.05) is 19.6 Å². The van der Waals surface area contributed by atoms with Gasteiger partial charge in [-0.15, -0.1) is 0 Å². The van der Waals surface area contributed by atoms with E-state index in [1.807, 2.05) is 6.92 Å². The summed E-state index contributed by atoms with van der Waals surface area (Å²) in [4.78, 5) is 2.47. The summed E-state index contributed by atoms with van der Waals surface area (Å²) in [5.41, 5.74) is 3.19. The van der Waals surface area contributed by atoms with E-state index in [2.05, 4.69) is 37.5 Å². The Hall–Kier alpha value is -0.940. The lowest BCUT2D eigenvalue weighted by atomic mass is 9.61. The van der Waals surface area contributed by atoms with Gasteiger partial charge in [0.05, 0.1) is 17.8 Å². The minimum absolute atomic E-state index is 0.354. The first-order chi connectivity index (χ1) is 14.6. The molecule has 4 rings (SSSR count). The van der Waals surface area contributed by atoms with Gasteiger partial charge in [-0.3, -0.25) is 0 Å². The van der Waals surface area contributed by atoms with E-state index in [1.54, 1.807) is 5.57 Å². The lowest BCUT2D eigenvalue weighted by molar-refractivity contribution is 0.0549. The molecule has 1 saturated heterocycles. The number of allylic oxidation sites excluding steroid dienone is 3. The highest BCUT2D eigenvalue weighted by Crippen LogP contribution is 2.59. The number of aliphatic hydroxyl groups is 3. The smallest absolute Gasteiger partial charge is 0.0811 e. The molecule has 3 N–H and O–H groups in total. The minimum Gasteiger partial charge on any atom is -0.393 e. The number of β-amino-alcohol motifs (C(OH)–C–C–N with tert-alkyl or cyclic N) is 1. The summed E-state index contributed by atoms with van der Waals surface area (Å²) >= 11 is 0. The fraction of sp³-hybridized carbons (Fsp3) is 0.778. The van der Waals surface area contributed by atoms with Gasteiger partial charge in [-0.1, -0.05) is 38.2 Å². The number of fused-ring (bicyclic) bond motifs is 1. The maximum absolute atomic E-state index is 10.3. The molecule has 0 bridgehead atoms. The topological polar surface area (TPSA) is 63.9 Å². The van der Waals surface area contributed by atoms with Crippen LogP contribution in [0.3, 0.4) is 0 Å². The number of likely N-dealkylation sites (tertiary alicyclic amines) is 1. The highest BCUT2D eigenvalue weighted by molar-refractivity contribution is 5.38. The first-order valence-electron chi connectivity index (χ1n) is 12.5. The SMILES string of the molecule is C=C1/C(=C\C=C2/CCC[C@]3(C)[C@@H]([C@H](C)CN4CC[C@@](C)(O)C4)CC[C@@H]23)CC(O)CC1O. The summed E-state index contributed by atoms with van der Waals surface area (Å²) in [7, 11) is 0. The predicted octanol–water partition coefficient (Wildman–Crippen LogP) is 4.22. The van der Waals surface area contributed by atoms with E-state index in [0.29, 0.717) is 30.1 Å². The number of aliphatic hydroxyl groups excluding tert-OH is 2. The summed E-state index contributed by atoms with van der Waals surface area (Å²) in [6.07, 6.45) is 11.5. The van der Waals surface area contributed by atoms with Gasteiger partial charge in [-0.25, -0.2) is 0 Å². The zero-order chi connectivity index (χ0) is 22.4. The van der Waals surface area contributed by atoms with Crippen molar-refractivity contribution in [1.29, 1.82) is 0 Å². The van der Waals surface area contributed by atoms with Gasteiger partial charge in [0.15, 0.2) is 0 Å². The molecule has 0 amide bonds. The number of rotatable bonds is 4. The highest BCUT2D eigenvalue weighted by Gasteiger charge is 2.51. The molecule has 0 aromatic heterocycles. The number of hydrogen-bond donors (Lipinski definition) is 3. The van der Waals surface area contributed by atoms with Gasteiger partial charge in [0.1, 0.15) is 0 Å². The van der Waals surface area contributed by atoms with Crippen molar-refractivity contribution in [1.82, 2.24) is 4.90 Å². The average molecular weight is 430 g/mol. The first-order valence-corrected chi connectivity index (χ1v) is 12.5. The normalized spacial score (nSPS) is 45.4. The average Bonchev–Trinajstić information content (AvgIpc) is 3.22. The van der Waals surface area contributed by atoms with Crippen molar-refractivity contribution >= 4 is 0 Å². The Bertz CT molecular complexity index is 754. The molecule has 4 aliphatic rings. The van der Waals surface area contributed by atoms with Crippen molar-refractivity contribution in [3.05, 3.63) is 35.5 Å². The van der Waals surface area contributed by atoms with E-state index < -0.39 is 17.8 Å². The molecule has 31 heavy (non-hydrogen) atoms. The Morgan fingerprint density at radius 1 is 1.19 bits per heavy atom. The van der Waals surface area contributed by atoms with Gasteiger partial charge >= 0.3 is 0 Å². The molecule has 2 unspecified atom stereocenters. The number of nitrogens with zero attached hydrogens (tertiary/aromatic N) is 1. The summed E-state index contributed by atoms with van der Waals surface area (Å²) in [5.74, 6) is 2.01. The molecule has 3 aliphatic carbocycles. The van der Waals surface area contributed by atoms with Crippen molar-refractivity contribution in [3.63, 3.8) is 0 Å². The van der Waals surface area contributed by atoms with Crippen LogP contribution in [0.1, 0.15) is 72.1 Å². The van der Waals surface area contributed by atoms with E-state index in [4.69, 9.17) is 0 Å². The molecule has 1 aliphatic heterocycles. The molecule has 3 saturated carbocycles. The van der Waals surface area contributed by atoms with Crippen molar-refractivity contribution < 1.29 is 15.3 Å². The highest BCUT2D eigenvalue weighted by atomic mass is 16.3. The standard InChI is InChI=1S/C27H43NO3/c1-18(16-28-13-12-26(3,31)17-28)23-9-10-24-20(6-5-11-27(23,24)4)7-8-21-14-22(29)15-25(30)19(21)2/h7-8,18,22-25,29-31H,2,5-6,9-17H2,1,3-4H3/b20-7+,21-8-/t18-,22?,23-,24+,25?,26-,27-/m1/s1. The molecule has 0 radical (unpaired) electrons. The molecule has 4 heteroatoms. The Kier molecular flexibility index (Phi) is 6.58. The number of hydrogen-bond acceptors (Lipinski definition) is 4. The van der Waals surface area contributed by atoms with Crippen LogP contribution in [-0.4, -0.2) is 57.7 Å². The van der Waals surface area contributed by atoms with E-state index in [1.165, 1.54) is 25.7 Å². The monoisotopic (exact) mass is 429 g/mol. The summed E-state index contributed by atoms with van der Waals surface area (Å²) in [5, 5.41) is 30.6. The third-order valence-corrected chi connectivity index (χ3v) is 9.07. The zero-order valence-electron chi connectivity index (χ0n) is 19.8. The van der Waals surface area contributed by atoms with Crippen LogP contribution in [0, 0.1) is 23.2 Å². The quantitative estimate of drug-likeness (QED) is 0.626. The largest absolute Gasteiger partial charge is 0.393 e. The van der Waals surface area contributed by atoms with Crippen LogP contribution in [0.5, 0.6) is 0 Å². The van der Waals surface area contributed by atoms with Gasteiger partial charge in [0.25, 0.3) is 0 Å². The third-order valence-electron chi connectivity index (χ3n) is 9.07. The molecular weight excluding hydrogens is 386 g/mol. The molecule has 0 aromatic carbocycles. The van der Waals surface area contributed by atoms with Gasteiger partial charge in [-0.2, -0.15) is 0 Å². The molecule has 4 nitrogen and oxygen atoms in total. The predicted molar refractivity (Wildman–Crippen MR) is 126 cm³/mol. The van der Waals surface area contributed by atoms with Gasteiger partial charge in [-0.05, 0) is 86.2 Å². The Morgan fingerprint density at radius 2 is 1.97 bits per heavy atom. The minimum atomic E-state index is -0.618. The lowest BCUT2D eigenvalue weighted by Gasteiger charge is -2.45. The molecule has 4 fully saturated rings. The van der Waals surface area contributed by atoms with E-state index >= 15 is 0 Å². The van der Waals surface area contributed by atoms with Crippen LogP contribution in [0.4, 0.5) is 0 Å². The molecule has 7 atom stereocenters. The molecular formula is C27H43NO3. The van der Waals surface area contributed by atoms with Crippen LogP contribution in [0.2, 0.25) is 0 Å². The Balaban J connectivity index is 1.47. The zero-order valence-corrected chi connectivity index (χ0v) is 19.8. The second kappa shape index (κ2) is 8.78. The van der Waals surface area contributed by atoms with E-state index in [0.717, 1.165) is 49.5 Å². The summed E-state index contributed by atoms with van der Waals surface area (Å²) in [6.45, 7) is 13.9. The van der Waals surface area contributed by atoms with Crippen LogP contribution in [0.15, 0.2) is 35.5 Å². The second-order valence-corrected chi connectivity index (χ2v) is 11.6. The van der Waals surface area contributed by atoms with Crippen LogP contribution in [0.25, 0.3) is 0 Å². The van der Waals surface area contributed by atoms with Gasteiger partial charge in [0, 0.05) is 26.1 Å². The van der Waals surface area contributed by atoms with Crippen molar-refractivity contribution in [2.45, 2.75) is 89.9 Å². The van der Waals surface area contributed by atoms with Gasteiger partial charge < -0.3 is 20.2 Å². The van der Waals surface area contributed by atoms with Crippen LogP contribution >= 0.6 is 0 Å². The van der Waals surface area contributed by atoms with Crippen LogP contribution in [-0.2, 0) is 0 Å². The van der Waals surface area contributed by atoms with E-state index in [9.17, 15) is 15.3 Å². The van der Waals surface area contributed by atoms with Crippen molar-refractivity contribution in [3.8, 4) is 0 Å². The first kappa shape index (κ1) is 23.2. The van der Waals surface area contributed by atoms with E-state index in [-0.39, 0.29) is 0 Å². The maximum atomic E-state index is 10.3. The second-order valence-electron chi connectivity index (χ2n) is 11.6. The maximum Gasteiger partial charge on any atom is 0.0811 e. The Morgan fingerprint density at radius 3 is 2.68 bits per heavy atom. The fourth-order valence-electron chi connectivity index (χ4n) is 7.41. The summed E-state index contributed by atoms with van der Waals surface area (Å²) < 4.78 is 0. The molecule has 0 spiro atoms. The van der Waals surface area contributed by atoms with Crippen LogP contribution < -0.4 is 0 Å². The molecule has 174 valence electrons.